The maximum absolute atomic E-state index is 4.59. The quantitative estimate of drug-likeness (QED) is 0.399. The zero-order valence-corrected chi connectivity index (χ0v) is 16.8. The van der Waals surface area contributed by atoms with Crippen LogP contribution in [-0.2, 0) is 0 Å². The van der Waals surface area contributed by atoms with Gasteiger partial charge in [0.15, 0.2) is 0 Å². The van der Waals surface area contributed by atoms with Crippen LogP contribution in [0.1, 0.15) is 92.4 Å². The van der Waals surface area contributed by atoms with Crippen LogP contribution in [0.25, 0.3) is 0 Å². The molecule has 2 rings (SSSR count). The molecule has 0 aromatic rings. The highest BCUT2D eigenvalue weighted by atomic mass is 14.8. The van der Waals surface area contributed by atoms with Crippen LogP contribution in [0.3, 0.4) is 0 Å². The summed E-state index contributed by atoms with van der Waals surface area (Å²) in [7, 11) is 0. The lowest BCUT2D eigenvalue weighted by Crippen LogP contribution is -2.17. The molecule has 0 spiro atoms. The van der Waals surface area contributed by atoms with Crippen molar-refractivity contribution < 1.29 is 0 Å². The smallest absolute Gasteiger partial charge is 0.0709 e. The van der Waals surface area contributed by atoms with Crippen molar-refractivity contribution in [3.8, 4) is 0 Å². The molecule has 0 N–H and O–H groups in total. The first-order chi connectivity index (χ1) is 11.4. The van der Waals surface area contributed by atoms with Crippen LogP contribution >= 0.6 is 0 Å². The van der Waals surface area contributed by atoms with Gasteiger partial charge in [-0.05, 0) is 74.2 Å². The number of rotatable bonds is 9. The van der Waals surface area contributed by atoms with Crippen LogP contribution in [0, 0.1) is 17.3 Å². The van der Waals surface area contributed by atoms with Crippen LogP contribution in [0.2, 0.25) is 0 Å². The van der Waals surface area contributed by atoms with Gasteiger partial charge in [-0.3, -0.25) is 4.99 Å². The van der Waals surface area contributed by atoms with E-state index >= 15 is 0 Å². The highest BCUT2D eigenvalue weighted by molar-refractivity contribution is 5.66. The van der Waals surface area contributed by atoms with Gasteiger partial charge in [0.25, 0.3) is 0 Å². The summed E-state index contributed by atoms with van der Waals surface area (Å²) in [5.74, 6) is 1.61. The Morgan fingerprint density at radius 3 is 2.83 bits per heavy atom. The van der Waals surface area contributed by atoms with Crippen molar-refractivity contribution in [1.29, 1.82) is 0 Å². The number of hydrogen-bond donors (Lipinski definition) is 0. The minimum atomic E-state index is 0.430. The van der Waals surface area contributed by atoms with Gasteiger partial charge in [0.2, 0.25) is 0 Å². The summed E-state index contributed by atoms with van der Waals surface area (Å²) in [4.78, 5) is 4.59. The zero-order valence-electron chi connectivity index (χ0n) is 16.8. The Bertz CT molecular complexity index is 478. The molecule has 1 unspecified atom stereocenters. The maximum Gasteiger partial charge on any atom is 0.0709 e. The van der Waals surface area contributed by atoms with Crippen molar-refractivity contribution in [3.05, 3.63) is 23.3 Å². The molecule has 1 aliphatic carbocycles. The molecular weight excluding hydrogens is 290 g/mol. The van der Waals surface area contributed by atoms with Crippen LogP contribution in [-0.4, -0.2) is 12.3 Å². The van der Waals surface area contributed by atoms with Crippen molar-refractivity contribution in [2.45, 2.75) is 98.4 Å². The summed E-state index contributed by atoms with van der Waals surface area (Å²) in [5, 5.41) is 0. The fourth-order valence-corrected chi connectivity index (χ4v) is 3.94. The molecule has 0 bridgehead atoms. The van der Waals surface area contributed by atoms with Crippen LogP contribution < -0.4 is 0 Å². The number of allylic oxidation sites excluding steroid dienone is 3. The van der Waals surface area contributed by atoms with E-state index in [0.717, 1.165) is 18.3 Å². The van der Waals surface area contributed by atoms with E-state index in [1.54, 1.807) is 11.1 Å². The molecule has 0 amide bonds. The first-order valence-corrected chi connectivity index (χ1v) is 10.3. The van der Waals surface area contributed by atoms with Gasteiger partial charge in [-0.25, -0.2) is 0 Å². The topological polar surface area (TPSA) is 12.4 Å². The lowest BCUT2D eigenvalue weighted by molar-refractivity contribution is 0.299. The summed E-state index contributed by atoms with van der Waals surface area (Å²) < 4.78 is 0. The van der Waals surface area contributed by atoms with Gasteiger partial charge in [0.1, 0.15) is 0 Å². The van der Waals surface area contributed by atoms with Crippen molar-refractivity contribution in [2.75, 3.05) is 0 Å². The molecule has 1 nitrogen and oxygen atoms in total. The normalized spacial score (nSPS) is 24.4. The Labute approximate surface area is 150 Å². The van der Waals surface area contributed by atoms with Gasteiger partial charge in [-0.15, -0.1) is 0 Å². The van der Waals surface area contributed by atoms with E-state index in [1.165, 1.54) is 51.4 Å². The molecule has 2 atom stereocenters. The number of hydrogen-bond acceptors (Lipinski definition) is 1. The second kappa shape index (κ2) is 9.02. The highest BCUT2D eigenvalue weighted by Crippen LogP contribution is 2.36. The molecular formula is C23H39N. The summed E-state index contributed by atoms with van der Waals surface area (Å²) in [6.45, 7) is 11.9. The summed E-state index contributed by atoms with van der Waals surface area (Å²) in [6, 6.07) is 0.547. The fourth-order valence-electron chi connectivity index (χ4n) is 3.94. The maximum atomic E-state index is 4.59. The van der Waals surface area contributed by atoms with Gasteiger partial charge in [0.05, 0.1) is 6.04 Å². The molecule has 1 aliphatic heterocycles. The zero-order chi connectivity index (χ0) is 17.6. The molecule has 0 aromatic carbocycles. The van der Waals surface area contributed by atoms with E-state index in [-0.39, 0.29) is 0 Å². The van der Waals surface area contributed by atoms with Gasteiger partial charge in [-0.2, -0.15) is 0 Å². The molecule has 1 heterocycles. The molecule has 0 radical (unpaired) electrons. The van der Waals surface area contributed by atoms with E-state index in [9.17, 15) is 0 Å². The average molecular weight is 330 g/mol. The van der Waals surface area contributed by atoms with E-state index < -0.39 is 0 Å². The molecule has 2 aliphatic rings. The highest BCUT2D eigenvalue weighted by Gasteiger charge is 2.26. The molecule has 24 heavy (non-hydrogen) atoms. The minimum absolute atomic E-state index is 0.430. The molecule has 0 saturated carbocycles. The monoisotopic (exact) mass is 329 g/mol. The van der Waals surface area contributed by atoms with Gasteiger partial charge in [-0.1, -0.05) is 52.3 Å². The molecule has 0 aromatic heterocycles. The Morgan fingerprint density at radius 1 is 1.33 bits per heavy atom. The van der Waals surface area contributed by atoms with Crippen LogP contribution in [0.4, 0.5) is 0 Å². The third-order valence-electron chi connectivity index (χ3n) is 5.93. The van der Waals surface area contributed by atoms with Crippen LogP contribution in [0.15, 0.2) is 28.3 Å². The average Bonchev–Trinajstić information content (AvgIpc) is 3.00. The van der Waals surface area contributed by atoms with E-state index in [2.05, 4.69) is 58.0 Å². The van der Waals surface area contributed by atoms with Crippen molar-refractivity contribution >= 4 is 6.21 Å². The summed E-state index contributed by atoms with van der Waals surface area (Å²) >= 11 is 0. The second-order valence-corrected chi connectivity index (χ2v) is 9.19. The Balaban J connectivity index is 1.79. The lowest BCUT2D eigenvalue weighted by atomic mass is 9.78. The van der Waals surface area contributed by atoms with Gasteiger partial charge < -0.3 is 0 Å². The van der Waals surface area contributed by atoms with E-state index in [1.807, 2.05) is 0 Å². The third-order valence-corrected chi connectivity index (χ3v) is 5.93. The standard InChI is InChI=1S/C23H39N/c1-6-19(8-7-18(2)3)11-14-23(4,5)15-12-20-9-10-22-21(17-20)13-16-24-22/h11,16-18,20,22H,6-10,12-15H2,1-5H3/b19-11-/t20-,22?/m0/s1. The molecule has 0 saturated heterocycles. The van der Waals surface area contributed by atoms with Crippen molar-refractivity contribution in [1.82, 2.24) is 0 Å². The Hall–Kier alpha value is -0.850. The van der Waals surface area contributed by atoms with Gasteiger partial charge in [0, 0.05) is 12.6 Å². The molecule has 1 heteroatoms. The lowest BCUT2D eigenvalue weighted by Gasteiger charge is -2.28. The fraction of sp³-hybridized carbons (Fsp3) is 0.783. The number of nitrogens with zero attached hydrogens (tertiary/aromatic N) is 1. The SMILES string of the molecule is CC/C(=C/CC(C)(C)CC[C@H]1C=C2CC=NC2CC1)CCC(C)C. The first kappa shape index (κ1) is 19.5. The van der Waals surface area contributed by atoms with Crippen LogP contribution in [0.5, 0.6) is 0 Å². The Kier molecular flexibility index (Phi) is 7.32. The number of aliphatic imine (C=N–C) groups is 1. The minimum Gasteiger partial charge on any atom is -0.289 e. The summed E-state index contributed by atoms with van der Waals surface area (Å²) in [5.41, 5.74) is 3.70. The predicted octanol–water partition coefficient (Wildman–Crippen LogP) is 7.14. The number of fused-ring (bicyclic) bond motifs is 1. The van der Waals surface area contributed by atoms with Crippen molar-refractivity contribution in [2.24, 2.45) is 22.2 Å². The predicted molar refractivity (Wildman–Crippen MR) is 108 cm³/mol. The molecule has 0 fully saturated rings. The second-order valence-electron chi connectivity index (χ2n) is 9.19. The Morgan fingerprint density at radius 2 is 2.12 bits per heavy atom. The van der Waals surface area contributed by atoms with Crippen molar-refractivity contribution in [3.63, 3.8) is 0 Å². The molecule has 136 valence electrons. The largest absolute Gasteiger partial charge is 0.289 e. The van der Waals surface area contributed by atoms with E-state index in [0.29, 0.717) is 11.5 Å². The van der Waals surface area contributed by atoms with Gasteiger partial charge >= 0.3 is 0 Å². The van der Waals surface area contributed by atoms with E-state index in [4.69, 9.17) is 0 Å². The summed E-state index contributed by atoms with van der Waals surface area (Å²) in [6.07, 6.45) is 18.8. The first-order valence-electron chi connectivity index (χ1n) is 10.3. The third kappa shape index (κ3) is 6.22.